The zero-order valence-electron chi connectivity index (χ0n) is 9.96. The van der Waals surface area contributed by atoms with Crippen LogP contribution >= 0.6 is 11.8 Å². The van der Waals surface area contributed by atoms with Crippen molar-refractivity contribution in [3.63, 3.8) is 0 Å². The summed E-state index contributed by atoms with van der Waals surface area (Å²) >= 11 is -0.171. The lowest BCUT2D eigenvalue weighted by Gasteiger charge is -2.11. The van der Waals surface area contributed by atoms with Crippen LogP contribution in [0.5, 0.6) is 0 Å². The van der Waals surface area contributed by atoms with E-state index in [-0.39, 0.29) is 28.6 Å². The number of rotatable bonds is 3. The van der Waals surface area contributed by atoms with Gasteiger partial charge in [0.2, 0.25) is 5.91 Å². The first-order chi connectivity index (χ1) is 8.94. The van der Waals surface area contributed by atoms with Gasteiger partial charge in [0, 0.05) is 10.6 Å². The summed E-state index contributed by atoms with van der Waals surface area (Å²) in [6.07, 6.45) is 1.74. The van der Waals surface area contributed by atoms with Crippen molar-refractivity contribution in [2.45, 2.75) is 29.3 Å². The van der Waals surface area contributed by atoms with E-state index in [1.165, 1.54) is 24.3 Å². The highest BCUT2D eigenvalue weighted by Crippen LogP contribution is 2.37. The van der Waals surface area contributed by atoms with E-state index in [9.17, 15) is 18.0 Å². The molecule has 7 heteroatoms. The smallest absolute Gasteiger partial charge is 0.325 e. The van der Waals surface area contributed by atoms with Crippen molar-refractivity contribution < 1.29 is 18.0 Å². The van der Waals surface area contributed by atoms with Crippen molar-refractivity contribution in [3.05, 3.63) is 24.3 Å². The number of hydrogen-bond acceptors (Lipinski definition) is 3. The monoisotopic (exact) mass is 290 g/mol. The van der Waals surface area contributed by atoms with Gasteiger partial charge in [0.1, 0.15) is 0 Å². The molecule has 0 aromatic heterocycles. The van der Waals surface area contributed by atoms with E-state index in [4.69, 9.17) is 0 Å². The van der Waals surface area contributed by atoms with Crippen LogP contribution in [0.25, 0.3) is 0 Å². The third kappa shape index (κ3) is 4.43. The summed E-state index contributed by atoms with van der Waals surface area (Å²) in [7, 11) is 0. The molecule has 1 aromatic carbocycles. The minimum atomic E-state index is -4.29. The number of amides is 1. The van der Waals surface area contributed by atoms with E-state index in [1.54, 1.807) is 0 Å². The van der Waals surface area contributed by atoms with Gasteiger partial charge < -0.3 is 10.6 Å². The SMILES string of the molecule is O=C(Nc1ccc(SC(F)(F)F)cc1)[C@@H]1CCCN1. The molecule has 1 aliphatic rings. The summed E-state index contributed by atoms with van der Waals surface area (Å²) in [5.41, 5.74) is -3.79. The lowest BCUT2D eigenvalue weighted by Crippen LogP contribution is -2.35. The van der Waals surface area contributed by atoms with Gasteiger partial charge in [-0.15, -0.1) is 0 Å². The van der Waals surface area contributed by atoms with Gasteiger partial charge in [-0.1, -0.05) is 0 Å². The molecule has 3 nitrogen and oxygen atoms in total. The van der Waals surface area contributed by atoms with Crippen LogP contribution in [-0.4, -0.2) is 24.0 Å². The molecule has 1 aliphatic heterocycles. The molecule has 1 amide bonds. The van der Waals surface area contributed by atoms with Crippen LogP contribution in [0, 0.1) is 0 Å². The topological polar surface area (TPSA) is 41.1 Å². The second kappa shape index (κ2) is 5.83. The second-order valence-electron chi connectivity index (χ2n) is 4.21. The van der Waals surface area contributed by atoms with Crippen LogP contribution in [0.4, 0.5) is 18.9 Å². The van der Waals surface area contributed by atoms with Crippen LogP contribution in [0.15, 0.2) is 29.2 Å². The number of nitrogens with one attached hydrogen (secondary N) is 2. The number of thioether (sulfide) groups is 1. The summed E-state index contributed by atoms with van der Waals surface area (Å²) < 4.78 is 36.4. The van der Waals surface area contributed by atoms with Gasteiger partial charge in [0.05, 0.1) is 6.04 Å². The van der Waals surface area contributed by atoms with Crippen molar-refractivity contribution in [2.24, 2.45) is 0 Å². The van der Waals surface area contributed by atoms with Crippen molar-refractivity contribution in [3.8, 4) is 0 Å². The highest BCUT2D eigenvalue weighted by atomic mass is 32.2. The fourth-order valence-electron chi connectivity index (χ4n) is 1.88. The molecule has 1 atom stereocenters. The lowest BCUT2D eigenvalue weighted by atomic mass is 10.2. The summed E-state index contributed by atoms with van der Waals surface area (Å²) in [5.74, 6) is -0.145. The molecule has 0 bridgehead atoms. The maximum absolute atomic E-state index is 12.1. The molecule has 1 fully saturated rings. The average Bonchev–Trinajstić information content (AvgIpc) is 2.83. The number of hydrogen-bond donors (Lipinski definition) is 2. The first-order valence-electron chi connectivity index (χ1n) is 5.84. The molecule has 0 radical (unpaired) electrons. The molecular weight excluding hydrogens is 277 g/mol. The Labute approximate surface area is 112 Å². The zero-order valence-corrected chi connectivity index (χ0v) is 10.8. The van der Waals surface area contributed by atoms with E-state index in [0.29, 0.717) is 5.69 Å². The predicted molar refractivity (Wildman–Crippen MR) is 68.0 cm³/mol. The predicted octanol–water partition coefficient (Wildman–Crippen LogP) is 2.99. The minimum absolute atomic E-state index is 0.101. The van der Waals surface area contributed by atoms with Gasteiger partial charge in [-0.2, -0.15) is 13.2 Å². The Morgan fingerprint density at radius 1 is 1.32 bits per heavy atom. The first kappa shape index (κ1) is 14.2. The molecular formula is C12H13F3N2OS. The zero-order chi connectivity index (χ0) is 13.9. The van der Waals surface area contributed by atoms with E-state index >= 15 is 0 Å². The highest BCUT2D eigenvalue weighted by molar-refractivity contribution is 8.00. The fraction of sp³-hybridized carbons (Fsp3) is 0.417. The maximum atomic E-state index is 12.1. The van der Waals surface area contributed by atoms with Crippen LogP contribution in [0.1, 0.15) is 12.8 Å². The molecule has 104 valence electrons. The summed E-state index contributed by atoms with van der Waals surface area (Å²) in [4.78, 5) is 11.9. The van der Waals surface area contributed by atoms with Crippen LogP contribution in [-0.2, 0) is 4.79 Å². The third-order valence-electron chi connectivity index (χ3n) is 2.73. The van der Waals surface area contributed by atoms with Gasteiger partial charge in [-0.05, 0) is 55.4 Å². The standard InChI is InChI=1S/C12H13F3N2OS/c13-12(14,15)19-9-5-3-8(4-6-9)17-11(18)10-2-1-7-16-10/h3-6,10,16H,1-2,7H2,(H,17,18)/t10-/m0/s1. The first-order valence-corrected chi connectivity index (χ1v) is 6.66. The Hall–Kier alpha value is -1.21. The largest absolute Gasteiger partial charge is 0.446 e. The number of benzene rings is 1. The Balaban J connectivity index is 1.93. The third-order valence-corrected chi connectivity index (χ3v) is 3.47. The quantitative estimate of drug-likeness (QED) is 0.841. The van der Waals surface area contributed by atoms with Gasteiger partial charge in [-0.25, -0.2) is 0 Å². The fourth-order valence-corrected chi connectivity index (χ4v) is 2.42. The van der Waals surface area contributed by atoms with Gasteiger partial charge in [0.15, 0.2) is 0 Å². The molecule has 0 spiro atoms. The molecule has 2 N–H and O–H groups in total. The molecule has 0 unspecified atom stereocenters. The lowest BCUT2D eigenvalue weighted by molar-refractivity contribution is -0.117. The summed E-state index contributed by atoms with van der Waals surface area (Å²) in [6, 6.07) is 5.43. The molecule has 2 rings (SSSR count). The number of carbonyl (C=O) groups excluding carboxylic acids is 1. The van der Waals surface area contributed by atoms with E-state index in [0.717, 1.165) is 19.4 Å². The van der Waals surface area contributed by atoms with Gasteiger partial charge >= 0.3 is 5.51 Å². The highest BCUT2D eigenvalue weighted by Gasteiger charge is 2.29. The van der Waals surface area contributed by atoms with E-state index < -0.39 is 5.51 Å². The van der Waals surface area contributed by atoms with Crippen LogP contribution < -0.4 is 10.6 Å². The molecule has 1 saturated heterocycles. The number of carbonyl (C=O) groups is 1. The number of halogens is 3. The van der Waals surface area contributed by atoms with Gasteiger partial charge in [0.25, 0.3) is 0 Å². The molecule has 19 heavy (non-hydrogen) atoms. The van der Waals surface area contributed by atoms with Crippen molar-refractivity contribution in [1.82, 2.24) is 5.32 Å². The number of anilines is 1. The summed E-state index contributed by atoms with van der Waals surface area (Å²) in [5, 5.41) is 5.74. The van der Waals surface area contributed by atoms with Gasteiger partial charge in [-0.3, -0.25) is 4.79 Å². The van der Waals surface area contributed by atoms with Crippen LogP contribution in [0.2, 0.25) is 0 Å². The van der Waals surface area contributed by atoms with E-state index in [1.807, 2.05) is 0 Å². The average molecular weight is 290 g/mol. The molecule has 1 heterocycles. The minimum Gasteiger partial charge on any atom is -0.325 e. The molecule has 1 aromatic rings. The Bertz CT molecular complexity index is 441. The van der Waals surface area contributed by atoms with E-state index in [2.05, 4.69) is 10.6 Å². The molecule has 0 saturated carbocycles. The van der Waals surface area contributed by atoms with Crippen LogP contribution in [0.3, 0.4) is 0 Å². The second-order valence-corrected chi connectivity index (χ2v) is 5.35. The van der Waals surface area contributed by atoms with Crippen molar-refractivity contribution in [1.29, 1.82) is 0 Å². The molecule has 0 aliphatic carbocycles. The van der Waals surface area contributed by atoms with Crippen molar-refractivity contribution >= 4 is 23.4 Å². The maximum Gasteiger partial charge on any atom is 0.446 e. The Morgan fingerprint density at radius 3 is 2.53 bits per heavy atom. The Morgan fingerprint density at radius 2 is 2.00 bits per heavy atom. The summed E-state index contributed by atoms with van der Waals surface area (Å²) in [6.45, 7) is 0.819. The Kier molecular flexibility index (Phi) is 4.36. The normalized spacial score (nSPS) is 19.4. The van der Waals surface area contributed by atoms with Crippen molar-refractivity contribution in [2.75, 3.05) is 11.9 Å². The number of alkyl halides is 3.